The van der Waals surface area contributed by atoms with Crippen LogP contribution >= 0.6 is 0 Å². The van der Waals surface area contributed by atoms with Gasteiger partial charge in [-0.05, 0) is 73.6 Å². The molecule has 0 spiro atoms. The molecule has 0 aromatic heterocycles. The summed E-state index contributed by atoms with van der Waals surface area (Å²) in [5, 5.41) is 10.7. The molecule has 0 fully saturated rings. The Kier molecular flexibility index (Phi) is 3.89. The third-order valence-electron chi connectivity index (χ3n) is 5.99. The lowest BCUT2D eigenvalue weighted by Crippen LogP contribution is -1.94. The van der Waals surface area contributed by atoms with Gasteiger partial charge in [0.2, 0.25) is 0 Å². The Balaban J connectivity index is 1.90. The van der Waals surface area contributed by atoms with Crippen LogP contribution in [0, 0.1) is 0 Å². The molecule has 2 N–H and O–H groups in total. The maximum atomic E-state index is 6.27. The Labute approximate surface area is 160 Å². The number of anilines is 1. The van der Waals surface area contributed by atoms with Gasteiger partial charge in [-0.1, -0.05) is 74.7 Å². The molecule has 27 heavy (non-hydrogen) atoms. The van der Waals surface area contributed by atoms with Crippen molar-refractivity contribution in [2.24, 2.45) is 0 Å². The van der Waals surface area contributed by atoms with Crippen LogP contribution in [0.5, 0.6) is 0 Å². The van der Waals surface area contributed by atoms with E-state index in [9.17, 15) is 0 Å². The number of benzene rings is 5. The summed E-state index contributed by atoms with van der Waals surface area (Å²) in [6.07, 6.45) is 6.31. The number of aryl methyl sites for hydroxylation is 1. The van der Waals surface area contributed by atoms with Gasteiger partial charge >= 0.3 is 0 Å². The van der Waals surface area contributed by atoms with Crippen molar-refractivity contribution in [3.8, 4) is 0 Å². The predicted octanol–water partition coefficient (Wildman–Crippen LogP) is 7.44. The van der Waals surface area contributed by atoms with Crippen LogP contribution in [0.2, 0.25) is 0 Å². The summed E-state index contributed by atoms with van der Waals surface area (Å²) >= 11 is 0. The van der Waals surface area contributed by atoms with E-state index < -0.39 is 0 Å². The molecule has 0 amide bonds. The van der Waals surface area contributed by atoms with Crippen molar-refractivity contribution in [1.82, 2.24) is 0 Å². The van der Waals surface area contributed by atoms with Crippen LogP contribution in [-0.4, -0.2) is 0 Å². The SMILES string of the molecule is CCCCCCc1ccc2cc(N)cc3c4cccc5cccc(c1c23)c54. The third-order valence-corrected chi connectivity index (χ3v) is 5.99. The largest absolute Gasteiger partial charge is 0.399 e. The second-order valence-corrected chi connectivity index (χ2v) is 7.79. The highest BCUT2D eigenvalue weighted by molar-refractivity contribution is 6.33. The Morgan fingerprint density at radius 2 is 1.48 bits per heavy atom. The Morgan fingerprint density at radius 1 is 0.667 bits per heavy atom. The maximum absolute atomic E-state index is 6.27. The molecule has 5 aromatic rings. The van der Waals surface area contributed by atoms with Crippen molar-refractivity contribution in [3.05, 3.63) is 66.2 Å². The molecule has 134 valence electrons. The Morgan fingerprint density at radius 3 is 2.30 bits per heavy atom. The fourth-order valence-corrected chi connectivity index (χ4v) is 4.78. The molecule has 1 nitrogen and oxygen atoms in total. The van der Waals surface area contributed by atoms with E-state index in [1.807, 2.05) is 0 Å². The fourth-order valence-electron chi connectivity index (χ4n) is 4.78. The van der Waals surface area contributed by atoms with E-state index in [1.54, 1.807) is 0 Å². The van der Waals surface area contributed by atoms with Gasteiger partial charge in [0, 0.05) is 5.69 Å². The number of hydrogen-bond acceptors (Lipinski definition) is 1. The normalized spacial score (nSPS) is 12.0. The van der Waals surface area contributed by atoms with Crippen molar-refractivity contribution in [2.45, 2.75) is 39.0 Å². The average Bonchev–Trinajstić information content (AvgIpc) is 2.69. The highest BCUT2D eigenvalue weighted by atomic mass is 14.5. The molecule has 0 radical (unpaired) electrons. The quantitative estimate of drug-likeness (QED) is 0.151. The molecule has 1 heteroatoms. The van der Waals surface area contributed by atoms with Gasteiger partial charge in [-0.3, -0.25) is 0 Å². The summed E-state index contributed by atoms with van der Waals surface area (Å²) in [7, 11) is 0. The van der Waals surface area contributed by atoms with Crippen molar-refractivity contribution < 1.29 is 0 Å². The van der Waals surface area contributed by atoms with E-state index in [0.717, 1.165) is 12.1 Å². The second kappa shape index (κ2) is 6.42. The topological polar surface area (TPSA) is 26.0 Å². The lowest BCUT2D eigenvalue weighted by molar-refractivity contribution is 0.668. The molecular formula is C26H25N. The zero-order valence-corrected chi connectivity index (χ0v) is 15.9. The van der Waals surface area contributed by atoms with Crippen LogP contribution < -0.4 is 5.73 Å². The van der Waals surface area contributed by atoms with Gasteiger partial charge in [-0.2, -0.15) is 0 Å². The number of nitrogens with two attached hydrogens (primary N) is 1. The zero-order valence-electron chi connectivity index (χ0n) is 15.9. The minimum absolute atomic E-state index is 0.843. The molecule has 0 heterocycles. The first-order valence-corrected chi connectivity index (χ1v) is 10.2. The van der Waals surface area contributed by atoms with Crippen LogP contribution in [0.4, 0.5) is 5.69 Å². The van der Waals surface area contributed by atoms with Crippen molar-refractivity contribution in [1.29, 1.82) is 0 Å². The van der Waals surface area contributed by atoms with Gasteiger partial charge in [0.15, 0.2) is 0 Å². The van der Waals surface area contributed by atoms with Crippen LogP contribution in [0.25, 0.3) is 43.1 Å². The van der Waals surface area contributed by atoms with Gasteiger partial charge in [0.05, 0.1) is 0 Å². The molecule has 0 atom stereocenters. The number of rotatable bonds is 5. The lowest BCUT2D eigenvalue weighted by atomic mass is 9.86. The van der Waals surface area contributed by atoms with Gasteiger partial charge in [0.25, 0.3) is 0 Å². The standard InChI is InChI=1S/C26H25N/c1-2-3-4-5-8-18-13-14-19-15-20(27)16-23-21-11-6-9-17-10-7-12-22(24(17)21)25(18)26(19)23/h6-7,9-16H,2-5,8,27H2,1H3. The minimum Gasteiger partial charge on any atom is -0.399 e. The number of unbranched alkanes of at least 4 members (excludes halogenated alkanes) is 3. The van der Waals surface area contributed by atoms with E-state index in [4.69, 9.17) is 5.73 Å². The fraction of sp³-hybridized carbons (Fsp3) is 0.231. The number of fused-ring (bicyclic) bond motifs is 2. The van der Waals surface area contributed by atoms with Gasteiger partial charge in [-0.15, -0.1) is 0 Å². The van der Waals surface area contributed by atoms with Crippen LogP contribution in [0.3, 0.4) is 0 Å². The van der Waals surface area contributed by atoms with E-state index in [-0.39, 0.29) is 0 Å². The van der Waals surface area contributed by atoms with Crippen molar-refractivity contribution in [2.75, 3.05) is 5.73 Å². The summed E-state index contributed by atoms with van der Waals surface area (Å²) < 4.78 is 0. The summed E-state index contributed by atoms with van der Waals surface area (Å²) in [4.78, 5) is 0. The van der Waals surface area contributed by atoms with Gasteiger partial charge < -0.3 is 5.73 Å². The summed E-state index contributed by atoms with van der Waals surface area (Å²) in [6.45, 7) is 2.27. The van der Waals surface area contributed by atoms with E-state index >= 15 is 0 Å². The number of nitrogen functional groups attached to an aromatic ring is 1. The molecule has 0 aliphatic heterocycles. The Bertz CT molecular complexity index is 1260. The second-order valence-electron chi connectivity index (χ2n) is 7.79. The first kappa shape index (κ1) is 16.4. The van der Waals surface area contributed by atoms with Crippen molar-refractivity contribution >= 4 is 48.8 Å². The van der Waals surface area contributed by atoms with Gasteiger partial charge in [-0.25, -0.2) is 0 Å². The predicted molar refractivity (Wildman–Crippen MR) is 120 cm³/mol. The molecule has 0 unspecified atom stereocenters. The first-order valence-electron chi connectivity index (χ1n) is 10.2. The van der Waals surface area contributed by atoms with E-state index in [2.05, 4.69) is 67.6 Å². The molecule has 5 rings (SSSR count). The molecule has 0 bridgehead atoms. The van der Waals surface area contributed by atoms with Crippen molar-refractivity contribution in [3.63, 3.8) is 0 Å². The Hall–Kier alpha value is -2.80. The van der Waals surface area contributed by atoms with E-state index in [0.29, 0.717) is 0 Å². The summed E-state index contributed by atoms with van der Waals surface area (Å²) in [6, 6.07) is 22.2. The summed E-state index contributed by atoms with van der Waals surface area (Å²) in [5.74, 6) is 0. The maximum Gasteiger partial charge on any atom is 0.0326 e. The van der Waals surface area contributed by atoms with Crippen LogP contribution in [-0.2, 0) is 6.42 Å². The monoisotopic (exact) mass is 351 g/mol. The number of hydrogen-bond donors (Lipinski definition) is 1. The molecule has 0 saturated carbocycles. The molecule has 5 aromatic carbocycles. The smallest absolute Gasteiger partial charge is 0.0326 e. The first-order chi connectivity index (χ1) is 13.3. The van der Waals surface area contributed by atoms with E-state index in [1.165, 1.54) is 74.3 Å². The molecular weight excluding hydrogens is 326 g/mol. The molecule has 0 aliphatic rings. The minimum atomic E-state index is 0.843. The van der Waals surface area contributed by atoms with Crippen LogP contribution in [0.15, 0.2) is 60.7 Å². The zero-order chi connectivity index (χ0) is 18.4. The highest BCUT2D eigenvalue weighted by Gasteiger charge is 2.15. The summed E-state index contributed by atoms with van der Waals surface area (Å²) in [5.41, 5.74) is 8.60. The molecule has 0 aliphatic carbocycles. The lowest BCUT2D eigenvalue weighted by Gasteiger charge is -2.18. The average molecular weight is 351 g/mol. The third kappa shape index (κ3) is 2.53. The van der Waals surface area contributed by atoms with Crippen LogP contribution in [0.1, 0.15) is 38.2 Å². The molecule has 0 saturated heterocycles. The van der Waals surface area contributed by atoms with Gasteiger partial charge in [0.1, 0.15) is 0 Å². The highest BCUT2D eigenvalue weighted by Crippen LogP contribution is 2.42.